The van der Waals surface area contributed by atoms with E-state index in [1.165, 1.54) is 0 Å². The number of aliphatic hydroxyl groups excluding tert-OH is 4. The minimum atomic E-state index is -1.16. The Morgan fingerprint density at radius 1 is 1.33 bits per heavy atom. The van der Waals surface area contributed by atoms with Crippen LogP contribution in [0.25, 0.3) is 0 Å². The van der Waals surface area contributed by atoms with Crippen molar-refractivity contribution in [3.8, 4) is 0 Å². The Kier molecular flexibility index (Phi) is 2.60. The van der Waals surface area contributed by atoms with Crippen LogP contribution in [0.5, 0.6) is 0 Å². The van der Waals surface area contributed by atoms with Gasteiger partial charge in [-0.15, -0.1) is 0 Å². The highest BCUT2D eigenvalue weighted by molar-refractivity contribution is 5.35. The number of epoxide rings is 1. The Bertz CT molecular complexity index is 514. The molecule has 118 valence electrons. The second-order valence-corrected chi connectivity index (χ2v) is 7.26. The minimum Gasteiger partial charge on any atom is -0.396 e. The predicted octanol–water partition coefficient (Wildman–Crippen LogP) is -1.05. The third-order valence-electron chi connectivity index (χ3n) is 6.61. The molecule has 2 aliphatic carbocycles. The predicted molar refractivity (Wildman–Crippen MR) is 71.4 cm³/mol. The second-order valence-electron chi connectivity index (χ2n) is 7.26. The first-order chi connectivity index (χ1) is 9.84. The molecule has 6 nitrogen and oxygen atoms in total. The van der Waals surface area contributed by atoms with Gasteiger partial charge in [0.15, 0.2) is 0 Å². The Balaban J connectivity index is 1.93. The summed E-state index contributed by atoms with van der Waals surface area (Å²) in [6.07, 6.45) is -1.72. The summed E-state index contributed by atoms with van der Waals surface area (Å²) in [7, 11) is 0. The van der Waals surface area contributed by atoms with Crippen molar-refractivity contribution in [2.45, 2.75) is 56.4 Å². The van der Waals surface area contributed by atoms with Crippen LogP contribution in [0, 0.1) is 10.8 Å². The average Bonchev–Trinajstić information content (AvgIpc) is 3.20. The van der Waals surface area contributed by atoms with Gasteiger partial charge in [-0.3, -0.25) is 0 Å². The van der Waals surface area contributed by atoms with Gasteiger partial charge in [0.1, 0.15) is 17.8 Å². The molecule has 8 atom stereocenters. The van der Waals surface area contributed by atoms with E-state index < -0.39 is 47.0 Å². The molecule has 0 aromatic rings. The van der Waals surface area contributed by atoms with E-state index in [9.17, 15) is 20.4 Å². The zero-order valence-electron chi connectivity index (χ0n) is 12.2. The molecule has 3 fully saturated rings. The summed E-state index contributed by atoms with van der Waals surface area (Å²) in [6, 6.07) is 0. The maximum atomic E-state index is 10.8. The Labute approximate surface area is 123 Å². The highest BCUT2D eigenvalue weighted by Gasteiger charge is 2.82. The number of hydrogen-bond donors (Lipinski definition) is 4. The van der Waals surface area contributed by atoms with Gasteiger partial charge in [-0.1, -0.05) is 13.0 Å². The molecule has 1 saturated carbocycles. The molecule has 4 rings (SSSR count). The van der Waals surface area contributed by atoms with Gasteiger partial charge < -0.3 is 29.9 Å². The first-order valence-corrected chi connectivity index (χ1v) is 7.47. The van der Waals surface area contributed by atoms with Gasteiger partial charge in [0.25, 0.3) is 0 Å². The number of aliphatic hydroxyl groups is 4. The molecular formula is C15H22O6. The fourth-order valence-corrected chi connectivity index (χ4v) is 5.17. The van der Waals surface area contributed by atoms with Crippen LogP contribution in [0.3, 0.4) is 0 Å². The molecule has 2 unspecified atom stereocenters. The second kappa shape index (κ2) is 3.88. The van der Waals surface area contributed by atoms with Crippen LogP contribution in [0.4, 0.5) is 0 Å². The third-order valence-corrected chi connectivity index (χ3v) is 6.61. The zero-order chi connectivity index (χ0) is 15.2. The van der Waals surface area contributed by atoms with Crippen molar-refractivity contribution in [3.05, 3.63) is 11.6 Å². The molecule has 0 aromatic heterocycles. The summed E-state index contributed by atoms with van der Waals surface area (Å²) < 4.78 is 11.7. The van der Waals surface area contributed by atoms with E-state index >= 15 is 0 Å². The van der Waals surface area contributed by atoms with Crippen molar-refractivity contribution in [2.24, 2.45) is 10.8 Å². The molecule has 2 bridgehead atoms. The lowest BCUT2D eigenvalue weighted by Crippen LogP contribution is -2.71. The van der Waals surface area contributed by atoms with Crippen molar-refractivity contribution in [1.29, 1.82) is 0 Å². The average molecular weight is 298 g/mol. The van der Waals surface area contributed by atoms with Crippen LogP contribution in [-0.4, -0.2) is 69.8 Å². The Morgan fingerprint density at radius 2 is 2.00 bits per heavy atom. The van der Waals surface area contributed by atoms with Gasteiger partial charge in [0.2, 0.25) is 0 Å². The molecule has 2 aliphatic heterocycles. The summed E-state index contributed by atoms with van der Waals surface area (Å²) in [5.41, 5.74) is -1.76. The largest absolute Gasteiger partial charge is 0.396 e. The van der Waals surface area contributed by atoms with Crippen LogP contribution >= 0.6 is 0 Å². The first-order valence-electron chi connectivity index (χ1n) is 7.47. The molecule has 0 radical (unpaired) electrons. The van der Waals surface area contributed by atoms with Gasteiger partial charge in [-0.2, -0.15) is 0 Å². The number of rotatable bonds is 1. The maximum Gasteiger partial charge on any atom is 0.126 e. The number of ether oxygens (including phenoxy) is 2. The summed E-state index contributed by atoms with van der Waals surface area (Å²) >= 11 is 0. The van der Waals surface area contributed by atoms with Crippen molar-refractivity contribution in [1.82, 2.24) is 0 Å². The quantitative estimate of drug-likeness (QED) is 0.364. The van der Waals surface area contributed by atoms with Gasteiger partial charge >= 0.3 is 0 Å². The van der Waals surface area contributed by atoms with E-state index in [0.29, 0.717) is 18.6 Å². The van der Waals surface area contributed by atoms with Crippen molar-refractivity contribution in [3.63, 3.8) is 0 Å². The summed E-state index contributed by atoms with van der Waals surface area (Å²) in [5, 5.41) is 41.6. The van der Waals surface area contributed by atoms with Crippen LogP contribution in [0.2, 0.25) is 0 Å². The van der Waals surface area contributed by atoms with Crippen LogP contribution in [0.1, 0.15) is 20.3 Å². The van der Waals surface area contributed by atoms with Crippen molar-refractivity contribution >= 4 is 0 Å². The van der Waals surface area contributed by atoms with E-state index in [1.54, 1.807) is 13.0 Å². The van der Waals surface area contributed by atoms with Gasteiger partial charge in [0.05, 0.1) is 36.9 Å². The molecule has 2 heterocycles. The molecule has 21 heavy (non-hydrogen) atoms. The van der Waals surface area contributed by atoms with Crippen LogP contribution < -0.4 is 0 Å². The lowest BCUT2D eigenvalue weighted by molar-refractivity contribution is -0.261. The first kappa shape index (κ1) is 14.1. The van der Waals surface area contributed by atoms with Gasteiger partial charge in [-0.25, -0.2) is 0 Å². The Hall–Kier alpha value is -0.500. The Morgan fingerprint density at radius 3 is 2.57 bits per heavy atom. The molecule has 1 spiro atoms. The zero-order valence-corrected chi connectivity index (χ0v) is 12.2. The lowest BCUT2D eigenvalue weighted by atomic mass is 9.50. The van der Waals surface area contributed by atoms with Gasteiger partial charge in [-0.05, 0) is 18.9 Å². The van der Waals surface area contributed by atoms with E-state index in [-0.39, 0.29) is 6.61 Å². The van der Waals surface area contributed by atoms with Crippen LogP contribution in [0.15, 0.2) is 11.6 Å². The SMILES string of the molecule is CC1=CC2OC3[C@H](O)C[C@@](C)([C@]34CO4)[C@@]2(CO)[C@H](O)[C@@H]1O. The fraction of sp³-hybridized carbons (Fsp3) is 0.867. The molecule has 4 N–H and O–H groups in total. The highest BCUT2D eigenvalue weighted by atomic mass is 16.6. The topological polar surface area (TPSA) is 103 Å². The molecule has 6 heteroatoms. The van der Waals surface area contributed by atoms with Gasteiger partial charge in [0, 0.05) is 5.41 Å². The molecule has 0 aromatic carbocycles. The summed E-state index contributed by atoms with van der Waals surface area (Å²) in [5.74, 6) is 0. The maximum absolute atomic E-state index is 10.8. The summed E-state index contributed by atoms with van der Waals surface area (Å²) in [4.78, 5) is 0. The monoisotopic (exact) mass is 298 g/mol. The molecule has 4 aliphatic rings. The normalized spacial score (nSPS) is 61.6. The molecule has 0 amide bonds. The van der Waals surface area contributed by atoms with Crippen molar-refractivity contribution in [2.75, 3.05) is 13.2 Å². The van der Waals surface area contributed by atoms with E-state index in [1.807, 2.05) is 6.92 Å². The van der Waals surface area contributed by atoms with E-state index in [4.69, 9.17) is 9.47 Å². The number of fused-ring (bicyclic) bond motifs is 2. The van der Waals surface area contributed by atoms with Crippen LogP contribution in [-0.2, 0) is 9.47 Å². The summed E-state index contributed by atoms with van der Waals surface area (Å²) in [6.45, 7) is 3.78. The highest BCUT2D eigenvalue weighted by Crippen LogP contribution is 2.71. The van der Waals surface area contributed by atoms with Crippen molar-refractivity contribution < 1.29 is 29.9 Å². The standard InChI is InChI=1S/C15H22O6/c1-7-3-9-14(5-16,11(19)10(7)18)13(2)4-8(17)12(21-9)15(13)6-20-15/h3,8-12,16-19H,4-6H2,1-2H3/t8-,9?,10-,11-,12?,13-,14-,15+/m1/s1. The molecule has 2 saturated heterocycles. The molecular weight excluding hydrogens is 276 g/mol. The van der Waals surface area contributed by atoms with E-state index in [0.717, 1.165) is 0 Å². The third kappa shape index (κ3) is 1.27. The smallest absolute Gasteiger partial charge is 0.126 e. The lowest BCUT2D eigenvalue weighted by Gasteiger charge is -2.59. The minimum absolute atomic E-state index is 0.333. The van der Waals surface area contributed by atoms with E-state index in [2.05, 4.69) is 0 Å². The fourth-order valence-electron chi connectivity index (χ4n) is 5.17. The number of hydrogen-bond acceptors (Lipinski definition) is 6.